The molecule has 0 aromatic heterocycles. The molecule has 6 nitrogen and oxygen atoms in total. The van der Waals surface area contributed by atoms with Crippen LogP contribution in [-0.4, -0.2) is 24.0 Å². The van der Waals surface area contributed by atoms with Crippen LogP contribution >= 0.6 is 0 Å². The molecule has 1 aliphatic rings. The monoisotopic (exact) mass is 268 g/mol. The predicted molar refractivity (Wildman–Crippen MR) is 63.9 cm³/mol. The second-order valence-corrected chi connectivity index (χ2v) is 4.32. The van der Waals surface area contributed by atoms with E-state index >= 15 is 0 Å². The molecule has 0 aliphatic carbocycles. The van der Waals surface area contributed by atoms with Gasteiger partial charge >= 0.3 is 0 Å². The Bertz CT molecular complexity index is 520. The Morgan fingerprint density at radius 3 is 2.89 bits per heavy atom. The highest BCUT2D eigenvalue weighted by Gasteiger charge is 2.39. The summed E-state index contributed by atoms with van der Waals surface area (Å²) in [5.74, 6) is -0.525. The summed E-state index contributed by atoms with van der Waals surface area (Å²) < 4.78 is 18.8. The molecule has 2 rings (SSSR count). The first-order chi connectivity index (χ1) is 9.02. The van der Waals surface area contributed by atoms with E-state index < -0.39 is 22.8 Å². The molecule has 1 fully saturated rings. The van der Waals surface area contributed by atoms with Gasteiger partial charge in [0.05, 0.1) is 7.11 Å². The van der Waals surface area contributed by atoms with Crippen molar-refractivity contribution in [1.29, 1.82) is 0 Å². The highest BCUT2D eigenvalue weighted by atomic mass is 19.1. The minimum Gasteiger partial charge on any atom is -0.497 e. The largest absolute Gasteiger partial charge is 0.497 e. The van der Waals surface area contributed by atoms with Crippen LogP contribution in [0.2, 0.25) is 0 Å². The molecule has 0 radical (unpaired) electrons. The molecule has 0 spiro atoms. The summed E-state index contributed by atoms with van der Waals surface area (Å²) in [6.07, 6.45) is 0.174. The van der Waals surface area contributed by atoms with Crippen LogP contribution in [0.25, 0.3) is 0 Å². The molecule has 19 heavy (non-hydrogen) atoms. The number of nitrogens with one attached hydrogen (secondary N) is 1. The fourth-order valence-corrected chi connectivity index (χ4v) is 2.19. The van der Waals surface area contributed by atoms with Gasteiger partial charge in [0, 0.05) is 23.3 Å². The summed E-state index contributed by atoms with van der Waals surface area (Å²) in [5, 5.41) is 13.5. The standard InChI is InChI=1S/C12H13FN2O4/c1-19-7-2-3-9(13)8(6-7)12-10(15(17)18)4-5-11(16)14-12/h2-3,6,10,12H,4-5H2,1H3,(H,14,16)/t10-,12-/m0/s1. The van der Waals surface area contributed by atoms with Gasteiger partial charge in [0.25, 0.3) is 0 Å². The molecular formula is C12H13FN2O4. The van der Waals surface area contributed by atoms with Crippen molar-refractivity contribution in [2.24, 2.45) is 0 Å². The van der Waals surface area contributed by atoms with E-state index in [2.05, 4.69) is 5.32 Å². The van der Waals surface area contributed by atoms with E-state index in [1.165, 1.54) is 25.3 Å². The minimum absolute atomic E-state index is 0.0771. The highest BCUT2D eigenvalue weighted by Crippen LogP contribution is 2.30. The number of hydrogen-bond acceptors (Lipinski definition) is 4. The number of ether oxygens (including phenoxy) is 1. The Labute approximate surface area is 108 Å². The summed E-state index contributed by atoms with van der Waals surface area (Å²) in [6.45, 7) is 0. The van der Waals surface area contributed by atoms with Crippen molar-refractivity contribution >= 4 is 5.91 Å². The quantitative estimate of drug-likeness (QED) is 0.664. The molecule has 1 aromatic carbocycles. The van der Waals surface area contributed by atoms with Crippen LogP contribution in [0.5, 0.6) is 5.75 Å². The lowest BCUT2D eigenvalue weighted by Crippen LogP contribution is -2.45. The molecule has 7 heteroatoms. The van der Waals surface area contributed by atoms with Gasteiger partial charge in [-0.25, -0.2) is 4.39 Å². The van der Waals surface area contributed by atoms with Gasteiger partial charge in [0.2, 0.25) is 11.9 Å². The van der Waals surface area contributed by atoms with Crippen LogP contribution in [0.3, 0.4) is 0 Å². The van der Waals surface area contributed by atoms with E-state index in [-0.39, 0.29) is 24.3 Å². The smallest absolute Gasteiger partial charge is 0.237 e. The van der Waals surface area contributed by atoms with Gasteiger partial charge < -0.3 is 10.1 Å². The fourth-order valence-electron chi connectivity index (χ4n) is 2.19. The first-order valence-electron chi connectivity index (χ1n) is 5.79. The maximum atomic E-state index is 13.8. The molecule has 1 heterocycles. The van der Waals surface area contributed by atoms with Crippen molar-refractivity contribution < 1.29 is 18.8 Å². The van der Waals surface area contributed by atoms with Crippen LogP contribution in [0.15, 0.2) is 18.2 Å². The molecule has 0 saturated carbocycles. The Morgan fingerprint density at radius 2 is 2.26 bits per heavy atom. The number of piperidine rings is 1. The van der Waals surface area contributed by atoms with E-state index in [0.717, 1.165) is 0 Å². The zero-order chi connectivity index (χ0) is 14.0. The number of rotatable bonds is 3. The number of carbonyl (C=O) groups is 1. The number of carbonyl (C=O) groups excluding carboxylic acids is 1. The van der Waals surface area contributed by atoms with Crippen LogP contribution in [-0.2, 0) is 4.79 Å². The number of nitrogens with zero attached hydrogens (tertiary/aromatic N) is 1. The Kier molecular flexibility index (Phi) is 3.64. The van der Waals surface area contributed by atoms with Gasteiger partial charge in [-0.2, -0.15) is 0 Å². The van der Waals surface area contributed by atoms with Crippen molar-refractivity contribution in [2.75, 3.05) is 7.11 Å². The average Bonchev–Trinajstić information content (AvgIpc) is 2.38. The summed E-state index contributed by atoms with van der Waals surface area (Å²) in [7, 11) is 1.42. The molecule has 1 aliphatic heterocycles. The third kappa shape index (κ3) is 2.64. The minimum atomic E-state index is -1.03. The second-order valence-electron chi connectivity index (χ2n) is 4.32. The van der Waals surface area contributed by atoms with E-state index in [1.807, 2.05) is 0 Å². The molecule has 1 N–H and O–H groups in total. The Morgan fingerprint density at radius 1 is 1.53 bits per heavy atom. The lowest BCUT2D eigenvalue weighted by Gasteiger charge is -2.27. The van der Waals surface area contributed by atoms with Gasteiger partial charge in [-0.05, 0) is 18.2 Å². The van der Waals surface area contributed by atoms with Gasteiger partial charge in [0.1, 0.15) is 17.6 Å². The number of methoxy groups -OCH3 is 1. The summed E-state index contributed by atoms with van der Waals surface area (Å²) in [5.41, 5.74) is 0.0779. The van der Waals surface area contributed by atoms with Crippen molar-refractivity contribution in [2.45, 2.75) is 24.9 Å². The Hall–Kier alpha value is -2.18. The molecule has 0 unspecified atom stereocenters. The van der Waals surface area contributed by atoms with Crippen molar-refractivity contribution in [1.82, 2.24) is 5.32 Å². The van der Waals surface area contributed by atoms with Gasteiger partial charge in [-0.3, -0.25) is 14.9 Å². The predicted octanol–water partition coefficient (Wildman–Crippen LogP) is 1.43. The summed E-state index contributed by atoms with van der Waals surface area (Å²) in [4.78, 5) is 21.9. The van der Waals surface area contributed by atoms with Crippen molar-refractivity contribution in [3.63, 3.8) is 0 Å². The fraction of sp³-hybridized carbons (Fsp3) is 0.417. The van der Waals surface area contributed by atoms with E-state index in [4.69, 9.17) is 4.74 Å². The number of amides is 1. The zero-order valence-electron chi connectivity index (χ0n) is 10.3. The highest BCUT2D eigenvalue weighted by molar-refractivity contribution is 5.77. The SMILES string of the molecule is COc1ccc(F)c([C@@H]2NC(=O)CC[C@@H]2[N+](=O)[O-])c1. The second kappa shape index (κ2) is 5.21. The lowest BCUT2D eigenvalue weighted by molar-refractivity contribution is -0.529. The number of nitro groups is 1. The normalized spacial score (nSPS) is 22.7. The molecular weight excluding hydrogens is 255 g/mol. The average molecular weight is 268 g/mol. The topological polar surface area (TPSA) is 81.5 Å². The van der Waals surface area contributed by atoms with E-state index in [0.29, 0.717) is 5.75 Å². The zero-order valence-corrected chi connectivity index (χ0v) is 10.3. The van der Waals surface area contributed by atoms with E-state index in [1.54, 1.807) is 0 Å². The lowest BCUT2D eigenvalue weighted by atomic mass is 9.92. The summed E-state index contributed by atoms with van der Waals surface area (Å²) >= 11 is 0. The van der Waals surface area contributed by atoms with Crippen LogP contribution < -0.4 is 10.1 Å². The maximum Gasteiger partial charge on any atom is 0.237 e. The van der Waals surface area contributed by atoms with Crippen LogP contribution in [0.4, 0.5) is 4.39 Å². The van der Waals surface area contributed by atoms with Crippen molar-refractivity contribution in [3.8, 4) is 5.75 Å². The van der Waals surface area contributed by atoms with Gasteiger partial charge in [0.15, 0.2) is 0 Å². The third-order valence-electron chi connectivity index (χ3n) is 3.18. The molecule has 102 valence electrons. The summed E-state index contributed by atoms with van der Waals surface area (Å²) in [6, 6.07) is 1.98. The molecule has 1 aromatic rings. The van der Waals surface area contributed by atoms with E-state index in [9.17, 15) is 19.3 Å². The number of benzene rings is 1. The molecule has 1 saturated heterocycles. The third-order valence-corrected chi connectivity index (χ3v) is 3.18. The van der Waals surface area contributed by atoms with Gasteiger partial charge in [-0.15, -0.1) is 0 Å². The maximum absolute atomic E-state index is 13.8. The van der Waals surface area contributed by atoms with Crippen LogP contribution in [0, 0.1) is 15.9 Å². The molecule has 0 bridgehead atoms. The molecule has 1 amide bonds. The number of halogens is 1. The van der Waals surface area contributed by atoms with Crippen LogP contribution in [0.1, 0.15) is 24.4 Å². The van der Waals surface area contributed by atoms with Crippen molar-refractivity contribution in [3.05, 3.63) is 39.7 Å². The number of hydrogen-bond donors (Lipinski definition) is 1. The van der Waals surface area contributed by atoms with Gasteiger partial charge in [-0.1, -0.05) is 0 Å². The molecule has 2 atom stereocenters. The Balaban J connectivity index is 2.40. The first-order valence-corrected chi connectivity index (χ1v) is 5.79. The first kappa shape index (κ1) is 13.3.